The Hall–Kier alpha value is 0.210. The van der Waals surface area contributed by atoms with Crippen molar-refractivity contribution in [3.63, 3.8) is 0 Å². The van der Waals surface area contributed by atoms with E-state index in [4.69, 9.17) is 0 Å². The van der Waals surface area contributed by atoms with E-state index < -0.39 is 5.97 Å². The first-order valence-corrected chi connectivity index (χ1v) is 9.62. The maximum Gasteiger partial charge on any atom is 1.00 e. The van der Waals surface area contributed by atoms with E-state index in [9.17, 15) is 9.90 Å². The molecule has 0 spiro atoms. The minimum atomic E-state index is -0.916. The Morgan fingerprint density at radius 1 is 0.696 bits per heavy atom. The van der Waals surface area contributed by atoms with Crippen LogP contribution in [-0.4, -0.2) is 5.97 Å². The second-order valence-corrected chi connectivity index (χ2v) is 6.41. The normalized spacial score (nSPS) is 10.8. The van der Waals surface area contributed by atoms with Crippen LogP contribution in [-0.2, 0) is 4.79 Å². The van der Waals surface area contributed by atoms with Crippen molar-refractivity contribution in [1.29, 1.82) is 0 Å². The predicted molar refractivity (Wildman–Crippen MR) is 93.7 cm³/mol. The van der Waals surface area contributed by atoms with Crippen molar-refractivity contribution in [2.75, 3.05) is 0 Å². The van der Waals surface area contributed by atoms with Crippen LogP contribution in [0.4, 0.5) is 0 Å². The number of aliphatic carboxylic acids is 1. The van der Waals surface area contributed by atoms with Crippen LogP contribution < -0.4 is 34.7 Å². The van der Waals surface area contributed by atoms with Gasteiger partial charge in [-0.3, -0.25) is 0 Å². The van der Waals surface area contributed by atoms with Crippen LogP contribution in [0.5, 0.6) is 0 Å². The molecule has 0 radical (unpaired) electrons. The molecule has 0 atom stereocenters. The number of allylic oxidation sites excluding steroid dienone is 2. The summed E-state index contributed by atoms with van der Waals surface area (Å²) in [6.07, 6.45) is 23.8. The molecular weight excluding hydrogens is 295 g/mol. The molecule has 3 heteroatoms. The minimum Gasteiger partial charge on any atom is -0.550 e. The van der Waals surface area contributed by atoms with Gasteiger partial charge in [0.05, 0.1) is 0 Å². The first kappa shape index (κ1) is 25.5. The number of carboxylic acids is 1. The topological polar surface area (TPSA) is 40.1 Å². The van der Waals surface area contributed by atoms with Gasteiger partial charge in [0.15, 0.2) is 0 Å². The molecule has 0 aromatic heterocycles. The second kappa shape index (κ2) is 22.2. The first-order valence-electron chi connectivity index (χ1n) is 9.62. The average Bonchev–Trinajstić information content (AvgIpc) is 2.50. The molecule has 0 fully saturated rings. The SMILES string of the molecule is CCCCCCCCCCCC=CCCCCCCC(=O)[O-].[Na+]. The molecule has 2 nitrogen and oxygen atoms in total. The van der Waals surface area contributed by atoms with Gasteiger partial charge in [-0.05, 0) is 38.5 Å². The maximum atomic E-state index is 10.2. The smallest absolute Gasteiger partial charge is 0.550 e. The van der Waals surface area contributed by atoms with Gasteiger partial charge in [-0.1, -0.05) is 83.3 Å². The zero-order valence-corrected chi connectivity index (χ0v) is 17.8. The summed E-state index contributed by atoms with van der Waals surface area (Å²) in [4.78, 5) is 10.2. The third kappa shape index (κ3) is 24.6. The molecule has 23 heavy (non-hydrogen) atoms. The van der Waals surface area contributed by atoms with Gasteiger partial charge in [0.25, 0.3) is 0 Å². The number of carbonyl (C=O) groups excluding carboxylic acids is 1. The fourth-order valence-electron chi connectivity index (χ4n) is 2.69. The quantitative estimate of drug-likeness (QED) is 0.233. The van der Waals surface area contributed by atoms with Crippen molar-refractivity contribution < 1.29 is 39.5 Å². The van der Waals surface area contributed by atoms with Crippen LogP contribution in [0.1, 0.15) is 110 Å². The molecule has 0 aromatic rings. The third-order valence-corrected chi connectivity index (χ3v) is 4.14. The summed E-state index contributed by atoms with van der Waals surface area (Å²) in [5, 5.41) is 10.2. The number of unbranched alkanes of at least 4 members (excludes halogenated alkanes) is 13. The monoisotopic (exact) mass is 332 g/mol. The number of rotatable bonds is 17. The van der Waals surface area contributed by atoms with E-state index in [0.717, 1.165) is 25.7 Å². The Balaban J connectivity index is 0. The molecule has 0 aliphatic carbocycles. The Bertz CT molecular complexity index is 264. The average molecular weight is 333 g/mol. The summed E-state index contributed by atoms with van der Waals surface area (Å²) in [6.45, 7) is 2.27. The van der Waals surface area contributed by atoms with Gasteiger partial charge in [-0.2, -0.15) is 0 Å². The fraction of sp³-hybridized carbons (Fsp3) is 0.850. The molecular formula is C20H37NaO2. The van der Waals surface area contributed by atoms with Gasteiger partial charge in [0, 0.05) is 5.97 Å². The number of carboxylic acid groups (broad SMARTS) is 1. The maximum absolute atomic E-state index is 10.2. The van der Waals surface area contributed by atoms with Gasteiger partial charge in [0.1, 0.15) is 0 Å². The molecule has 0 unspecified atom stereocenters. The van der Waals surface area contributed by atoms with Crippen LogP contribution >= 0.6 is 0 Å². The van der Waals surface area contributed by atoms with Crippen molar-refractivity contribution in [3.8, 4) is 0 Å². The summed E-state index contributed by atoms with van der Waals surface area (Å²) >= 11 is 0. The van der Waals surface area contributed by atoms with Gasteiger partial charge >= 0.3 is 29.6 Å². The van der Waals surface area contributed by atoms with Crippen molar-refractivity contribution in [2.24, 2.45) is 0 Å². The van der Waals surface area contributed by atoms with Crippen molar-refractivity contribution in [2.45, 2.75) is 110 Å². The molecule has 0 bridgehead atoms. The zero-order chi connectivity index (χ0) is 16.3. The van der Waals surface area contributed by atoms with E-state index in [-0.39, 0.29) is 36.0 Å². The summed E-state index contributed by atoms with van der Waals surface area (Å²) in [7, 11) is 0. The van der Waals surface area contributed by atoms with E-state index in [1.165, 1.54) is 70.6 Å². The summed E-state index contributed by atoms with van der Waals surface area (Å²) in [6, 6.07) is 0. The number of carbonyl (C=O) groups is 1. The number of hydrogen-bond acceptors (Lipinski definition) is 2. The molecule has 0 rings (SSSR count). The molecule has 0 saturated heterocycles. The molecule has 0 aliphatic heterocycles. The van der Waals surface area contributed by atoms with Gasteiger partial charge in [-0.15, -0.1) is 0 Å². The van der Waals surface area contributed by atoms with Gasteiger partial charge in [0.2, 0.25) is 0 Å². The Morgan fingerprint density at radius 2 is 1.09 bits per heavy atom. The Kier molecular flexibility index (Phi) is 24.6. The molecule has 0 heterocycles. The predicted octanol–water partition coefficient (Wildman–Crippen LogP) is 2.56. The van der Waals surface area contributed by atoms with E-state index in [2.05, 4.69) is 19.1 Å². The summed E-state index contributed by atoms with van der Waals surface area (Å²) in [5.41, 5.74) is 0. The van der Waals surface area contributed by atoms with Crippen LogP contribution in [0.25, 0.3) is 0 Å². The second-order valence-electron chi connectivity index (χ2n) is 6.41. The molecule has 130 valence electrons. The molecule has 0 aliphatic rings. The van der Waals surface area contributed by atoms with Crippen molar-refractivity contribution in [1.82, 2.24) is 0 Å². The van der Waals surface area contributed by atoms with Gasteiger partial charge < -0.3 is 9.90 Å². The van der Waals surface area contributed by atoms with Crippen molar-refractivity contribution in [3.05, 3.63) is 12.2 Å². The van der Waals surface area contributed by atoms with E-state index >= 15 is 0 Å². The van der Waals surface area contributed by atoms with E-state index in [0.29, 0.717) is 0 Å². The number of hydrogen-bond donors (Lipinski definition) is 0. The largest absolute Gasteiger partial charge is 1.00 e. The van der Waals surface area contributed by atoms with Crippen LogP contribution in [0, 0.1) is 0 Å². The summed E-state index contributed by atoms with van der Waals surface area (Å²) < 4.78 is 0. The van der Waals surface area contributed by atoms with E-state index in [1.807, 2.05) is 0 Å². The van der Waals surface area contributed by atoms with Crippen LogP contribution in [0.15, 0.2) is 12.2 Å². The standard InChI is InChI=1S/C20H38O2.Na/c1-2-3-4-5-6-7-8-9-10-11-12-13-14-15-16-17-18-19-20(21)22;/h12-13H,2-11,14-19H2,1H3,(H,21,22);/q;+1/p-1. The summed E-state index contributed by atoms with van der Waals surface area (Å²) in [5.74, 6) is -0.916. The molecule has 0 amide bonds. The van der Waals surface area contributed by atoms with Gasteiger partial charge in [-0.25, -0.2) is 0 Å². The first-order chi connectivity index (χ1) is 10.8. The third-order valence-electron chi connectivity index (χ3n) is 4.14. The van der Waals surface area contributed by atoms with E-state index in [1.54, 1.807) is 0 Å². The minimum absolute atomic E-state index is 0. The molecule has 0 saturated carbocycles. The molecule has 0 aromatic carbocycles. The fourth-order valence-corrected chi connectivity index (χ4v) is 2.69. The Labute approximate surface area is 166 Å². The molecule has 0 N–H and O–H groups in total. The Morgan fingerprint density at radius 3 is 1.52 bits per heavy atom. The van der Waals surface area contributed by atoms with Crippen LogP contribution in [0.2, 0.25) is 0 Å². The van der Waals surface area contributed by atoms with Crippen LogP contribution in [0.3, 0.4) is 0 Å². The zero-order valence-electron chi connectivity index (χ0n) is 15.8. The van der Waals surface area contributed by atoms with Crippen molar-refractivity contribution >= 4 is 5.97 Å².